The highest BCUT2D eigenvalue weighted by Gasteiger charge is 2.35. The Morgan fingerprint density at radius 3 is 2.20 bits per heavy atom. The normalized spacial score (nSPS) is 16.0. The van der Waals surface area contributed by atoms with Gasteiger partial charge in [0.05, 0.1) is 29.2 Å². The lowest BCUT2D eigenvalue weighted by molar-refractivity contribution is 0.0740. The average molecular weight is 749 g/mol. The fourth-order valence-electron chi connectivity index (χ4n) is 8.01. The number of aromatic nitrogens is 5. The standard InChI is InChI=1S/C46H52N8O2/c1-29(2)33-14-8-15-35(25-33)45(55)50-27-36-19-18-34(24-32(36)5)43-37-26-38(53-44(37)52-28-51-43)46(56)49-20-6-7-23-54-39(41-30(3)12-10-21-47-41)16-9-17-40(54)42-31(4)13-11-22-48-42/h8,10-15,18-19,21-22,24-26,28-29,39-40H,6-7,9,16-17,20,23,27H2,1-5H3,(H,49,56)(H,50,55)(H,51,52,53)/t39-,40+. The van der Waals surface area contributed by atoms with Crippen molar-refractivity contribution in [3.8, 4) is 11.3 Å². The molecule has 1 aliphatic heterocycles. The van der Waals surface area contributed by atoms with E-state index < -0.39 is 0 Å². The van der Waals surface area contributed by atoms with Crippen LogP contribution in [0.25, 0.3) is 22.3 Å². The van der Waals surface area contributed by atoms with Crippen LogP contribution in [0, 0.1) is 20.8 Å². The van der Waals surface area contributed by atoms with Gasteiger partial charge in [-0.05, 0) is 130 Å². The Labute approximate surface area is 329 Å². The number of pyridine rings is 2. The maximum atomic E-state index is 13.4. The third-order valence-corrected chi connectivity index (χ3v) is 11.2. The third-order valence-electron chi connectivity index (χ3n) is 11.2. The van der Waals surface area contributed by atoms with E-state index in [0.29, 0.717) is 35.9 Å². The molecular weight excluding hydrogens is 697 g/mol. The van der Waals surface area contributed by atoms with Crippen molar-refractivity contribution in [1.82, 2.24) is 40.5 Å². The number of rotatable bonds is 13. The fourth-order valence-corrected chi connectivity index (χ4v) is 8.01. The van der Waals surface area contributed by atoms with E-state index in [1.807, 2.05) is 73.9 Å². The maximum Gasteiger partial charge on any atom is 0.267 e. The number of unbranched alkanes of at least 4 members (excludes halogenated alkanes) is 1. The van der Waals surface area contributed by atoms with E-state index in [2.05, 4.69) is 76.4 Å². The van der Waals surface area contributed by atoms with Gasteiger partial charge >= 0.3 is 0 Å². The second-order valence-electron chi connectivity index (χ2n) is 15.3. The molecule has 1 saturated heterocycles. The third kappa shape index (κ3) is 8.55. The molecule has 2 aromatic carbocycles. The number of nitrogens with one attached hydrogen (secondary N) is 3. The molecule has 3 N–H and O–H groups in total. The summed E-state index contributed by atoms with van der Waals surface area (Å²) in [6.45, 7) is 12.4. The number of nitrogens with zero attached hydrogens (tertiary/aromatic N) is 5. The molecule has 7 rings (SSSR count). The number of amides is 2. The number of carbonyl (C=O) groups is 2. The van der Waals surface area contributed by atoms with Gasteiger partial charge < -0.3 is 15.6 Å². The molecule has 6 aromatic rings. The summed E-state index contributed by atoms with van der Waals surface area (Å²) >= 11 is 0. The summed E-state index contributed by atoms with van der Waals surface area (Å²) in [6, 6.07) is 24.5. The first-order chi connectivity index (χ1) is 27.2. The minimum absolute atomic E-state index is 0.0951. The minimum Gasteiger partial charge on any atom is -0.351 e. The molecule has 0 unspecified atom stereocenters. The predicted octanol–water partition coefficient (Wildman–Crippen LogP) is 8.87. The lowest BCUT2D eigenvalue weighted by Gasteiger charge is -2.42. The topological polar surface area (TPSA) is 129 Å². The molecule has 10 nitrogen and oxygen atoms in total. The van der Waals surface area contributed by atoms with Crippen molar-refractivity contribution in [1.29, 1.82) is 0 Å². The van der Waals surface area contributed by atoms with Crippen LogP contribution >= 0.6 is 0 Å². The second-order valence-corrected chi connectivity index (χ2v) is 15.3. The summed E-state index contributed by atoms with van der Waals surface area (Å²) < 4.78 is 0. The second kappa shape index (κ2) is 17.4. The Morgan fingerprint density at radius 2 is 1.52 bits per heavy atom. The van der Waals surface area contributed by atoms with Crippen molar-refractivity contribution in [2.75, 3.05) is 13.1 Å². The number of hydrogen-bond donors (Lipinski definition) is 3. The van der Waals surface area contributed by atoms with E-state index in [9.17, 15) is 9.59 Å². The number of benzene rings is 2. The molecule has 1 fully saturated rings. The highest BCUT2D eigenvalue weighted by molar-refractivity contribution is 6.00. The van der Waals surface area contributed by atoms with Gasteiger partial charge in [0.25, 0.3) is 11.8 Å². The predicted molar refractivity (Wildman–Crippen MR) is 221 cm³/mol. The molecule has 0 aliphatic carbocycles. The Hall–Kier alpha value is -5.74. The van der Waals surface area contributed by atoms with Crippen LogP contribution in [0.5, 0.6) is 0 Å². The molecule has 2 amide bonds. The number of piperidine rings is 1. The zero-order chi connectivity index (χ0) is 39.2. The monoisotopic (exact) mass is 748 g/mol. The Balaban J connectivity index is 0.977. The van der Waals surface area contributed by atoms with Crippen molar-refractivity contribution in [3.05, 3.63) is 142 Å². The number of likely N-dealkylation sites (tertiary alicyclic amines) is 1. The van der Waals surface area contributed by atoms with Crippen molar-refractivity contribution < 1.29 is 9.59 Å². The van der Waals surface area contributed by atoms with Gasteiger partial charge in [-0.2, -0.15) is 0 Å². The van der Waals surface area contributed by atoms with Crippen LogP contribution in [-0.2, 0) is 6.54 Å². The molecule has 0 radical (unpaired) electrons. The first-order valence-corrected chi connectivity index (χ1v) is 19.9. The van der Waals surface area contributed by atoms with Crippen LogP contribution in [0.15, 0.2) is 91.5 Å². The number of aromatic amines is 1. The largest absolute Gasteiger partial charge is 0.351 e. The number of aryl methyl sites for hydroxylation is 3. The summed E-state index contributed by atoms with van der Waals surface area (Å²) in [6.07, 6.45) is 10.4. The lowest BCUT2D eigenvalue weighted by atomic mass is 9.88. The summed E-state index contributed by atoms with van der Waals surface area (Å²) in [4.78, 5) is 50.9. The zero-order valence-electron chi connectivity index (χ0n) is 33.1. The molecule has 288 valence electrons. The van der Waals surface area contributed by atoms with Gasteiger partial charge in [0.15, 0.2) is 0 Å². The van der Waals surface area contributed by atoms with Crippen molar-refractivity contribution >= 4 is 22.8 Å². The maximum absolute atomic E-state index is 13.4. The molecule has 2 atom stereocenters. The van der Waals surface area contributed by atoms with Gasteiger partial charge in [-0.1, -0.05) is 50.2 Å². The van der Waals surface area contributed by atoms with Gasteiger partial charge in [0.2, 0.25) is 0 Å². The van der Waals surface area contributed by atoms with Crippen molar-refractivity contribution in [2.45, 2.75) is 91.3 Å². The fraction of sp³-hybridized carbons (Fsp3) is 0.348. The molecule has 4 aromatic heterocycles. The minimum atomic E-state index is -0.169. The summed E-state index contributed by atoms with van der Waals surface area (Å²) in [5.41, 5.74) is 11.3. The van der Waals surface area contributed by atoms with Gasteiger partial charge in [-0.3, -0.25) is 24.5 Å². The average Bonchev–Trinajstić information content (AvgIpc) is 3.66. The Kier molecular flexibility index (Phi) is 12.0. The summed E-state index contributed by atoms with van der Waals surface area (Å²) in [5.74, 6) is 0.0870. The van der Waals surface area contributed by atoms with Gasteiger partial charge in [0, 0.05) is 42.0 Å². The molecule has 0 bridgehead atoms. The highest BCUT2D eigenvalue weighted by Crippen LogP contribution is 2.42. The van der Waals surface area contributed by atoms with Gasteiger partial charge in [-0.15, -0.1) is 0 Å². The Morgan fingerprint density at radius 1 is 0.786 bits per heavy atom. The smallest absolute Gasteiger partial charge is 0.267 e. The van der Waals surface area contributed by atoms with Crippen LogP contribution in [0.2, 0.25) is 0 Å². The van der Waals surface area contributed by atoms with Crippen LogP contribution < -0.4 is 10.6 Å². The number of H-pyrrole nitrogens is 1. The lowest BCUT2D eigenvalue weighted by Crippen LogP contribution is -2.38. The van der Waals surface area contributed by atoms with E-state index in [0.717, 1.165) is 83.4 Å². The van der Waals surface area contributed by atoms with Crippen LogP contribution in [-0.4, -0.2) is 54.7 Å². The summed E-state index contributed by atoms with van der Waals surface area (Å²) in [5, 5.41) is 6.97. The van der Waals surface area contributed by atoms with E-state index in [1.165, 1.54) is 17.5 Å². The SMILES string of the molecule is Cc1cc(-c2ncnc3[nH]c(C(=O)NCCCCN4[C@@H](c5ncccc5C)CCC[C@H]4c4ncccc4C)cc23)ccc1CNC(=O)c1cccc(C(C)C)c1. The summed E-state index contributed by atoms with van der Waals surface area (Å²) in [7, 11) is 0. The first-order valence-electron chi connectivity index (χ1n) is 19.9. The molecule has 10 heteroatoms. The first kappa shape index (κ1) is 38.5. The number of fused-ring (bicyclic) bond motifs is 1. The molecule has 56 heavy (non-hydrogen) atoms. The molecular formula is C46H52N8O2. The molecule has 0 spiro atoms. The number of carbonyl (C=O) groups excluding carboxylic acids is 2. The molecule has 1 aliphatic rings. The van der Waals surface area contributed by atoms with E-state index in [1.54, 1.807) is 0 Å². The molecule has 0 saturated carbocycles. The van der Waals surface area contributed by atoms with Crippen molar-refractivity contribution in [2.24, 2.45) is 0 Å². The van der Waals surface area contributed by atoms with Gasteiger partial charge in [-0.25, -0.2) is 9.97 Å². The highest BCUT2D eigenvalue weighted by atomic mass is 16.2. The Bertz CT molecular complexity index is 2280. The quantitative estimate of drug-likeness (QED) is 0.101. The van der Waals surface area contributed by atoms with Crippen LogP contribution in [0.1, 0.15) is 124 Å². The van der Waals surface area contributed by atoms with Crippen LogP contribution in [0.4, 0.5) is 0 Å². The van der Waals surface area contributed by atoms with E-state index in [-0.39, 0.29) is 23.9 Å². The van der Waals surface area contributed by atoms with E-state index in [4.69, 9.17) is 9.97 Å². The molecule has 5 heterocycles. The van der Waals surface area contributed by atoms with Crippen LogP contribution in [0.3, 0.4) is 0 Å². The van der Waals surface area contributed by atoms with E-state index >= 15 is 0 Å². The number of hydrogen-bond acceptors (Lipinski definition) is 7. The van der Waals surface area contributed by atoms with Gasteiger partial charge in [0.1, 0.15) is 17.7 Å². The van der Waals surface area contributed by atoms with Crippen molar-refractivity contribution in [3.63, 3.8) is 0 Å². The zero-order valence-corrected chi connectivity index (χ0v) is 33.1.